The third-order valence-electron chi connectivity index (χ3n) is 7.94. The summed E-state index contributed by atoms with van der Waals surface area (Å²) in [5.41, 5.74) is 0. The zero-order valence-corrected chi connectivity index (χ0v) is 35.2. The van der Waals surface area contributed by atoms with E-state index in [-0.39, 0.29) is 0 Å². The summed E-state index contributed by atoms with van der Waals surface area (Å²) in [6.45, 7) is 25.3. The van der Waals surface area contributed by atoms with E-state index >= 15 is 0 Å². The molecule has 0 rings (SSSR count). The first kappa shape index (κ1) is 45.5. The fourth-order valence-corrected chi connectivity index (χ4v) is 23.7. The van der Waals surface area contributed by atoms with Gasteiger partial charge in [0.1, 0.15) is 0 Å². The van der Waals surface area contributed by atoms with E-state index in [4.69, 9.17) is 40.1 Å². The standard InChI is InChI=1S/C32H74O9Si4/c1-11-21-25-33-29-42(17-7,37-15-5)39-44(19-9,31-35-27-23-13-3)41-45(20-10,32-36-28-24-14-4)40-43(18-8,38-16-6)30-34-26-22-12-2/h11-32H2,1-10H3. The molecule has 0 aliphatic rings. The highest BCUT2D eigenvalue weighted by molar-refractivity contribution is 6.89. The summed E-state index contributed by atoms with van der Waals surface area (Å²) < 4.78 is 60.5. The van der Waals surface area contributed by atoms with E-state index in [0.29, 0.717) is 76.7 Å². The normalized spacial score (nSPS) is 17.5. The molecule has 0 heterocycles. The Balaban J connectivity index is 6.80. The van der Waals surface area contributed by atoms with Crippen molar-refractivity contribution in [2.75, 3.05) is 64.6 Å². The van der Waals surface area contributed by atoms with E-state index in [1.54, 1.807) is 0 Å². The number of rotatable bonds is 34. The molecule has 0 aromatic rings. The molecule has 45 heavy (non-hydrogen) atoms. The maximum atomic E-state index is 7.53. The van der Waals surface area contributed by atoms with Gasteiger partial charge in [0.25, 0.3) is 0 Å². The predicted molar refractivity (Wildman–Crippen MR) is 194 cm³/mol. The third-order valence-corrected chi connectivity index (χ3v) is 25.4. The second-order valence-electron chi connectivity index (χ2n) is 11.9. The molecule has 4 atom stereocenters. The third kappa shape index (κ3) is 18.2. The second-order valence-corrected chi connectivity index (χ2v) is 26.1. The van der Waals surface area contributed by atoms with E-state index in [0.717, 1.165) is 63.5 Å². The maximum absolute atomic E-state index is 7.53. The Morgan fingerprint density at radius 2 is 0.578 bits per heavy atom. The average molecular weight is 715 g/mol. The molecule has 0 bridgehead atoms. The molecule has 0 saturated carbocycles. The van der Waals surface area contributed by atoms with Gasteiger partial charge >= 0.3 is 34.2 Å². The quantitative estimate of drug-likeness (QED) is 0.0482. The van der Waals surface area contributed by atoms with Crippen molar-refractivity contribution in [2.45, 2.75) is 145 Å². The lowest BCUT2D eigenvalue weighted by atomic mass is 10.4. The van der Waals surface area contributed by atoms with Gasteiger partial charge in [-0.25, -0.2) is 0 Å². The Hall–Kier alpha value is 0.508. The first-order chi connectivity index (χ1) is 21.7. The van der Waals surface area contributed by atoms with Crippen LogP contribution in [0.2, 0.25) is 24.2 Å². The van der Waals surface area contributed by atoms with Crippen LogP contribution in [0.1, 0.15) is 121 Å². The smallest absolute Gasteiger partial charge is 0.355 e. The van der Waals surface area contributed by atoms with E-state index in [1.807, 2.05) is 13.8 Å². The Morgan fingerprint density at radius 3 is 0.800 bits per heavy atom. The lowest BCUT2D eigenvalue weighted by molar-refractivity contribution is 0.0895. The first-order valence-electron chi connectivity index (χ1n) is 18.4. The van der Waals surface area contributed by atoms with Crippen molar-refractivity contribution in [2.24, 2.45) is 0 Å². The van der Waals surface area contributed by atoms with E-state index in [1.165, 1.54) is 0 Å². The van der Waals surface area contributed by atoms with Crippen LogP contribution >= 0.6 is 0 Å². The molecule has 0 amide bonds. The minimum atomic E-state index is -3.07. The predicted octanol–water partition coefficient (Wildman–Crippen LogP) is 8.38. The Kier molecular flexibility index (Phi) is 27.7. The molecule has 0 aromatic carbocycles. The minimum absolute atomic E-state index is 0.426. The van der Waals surface area contributed by atoms with Gasteiger partial charge in [0.05, 0.1) is 24.9 Å². The Morgan fingerprint density at radius 1 is 0.333 bits per heavy atom. The minimum Gasteiger partial charge on any atom is -0.413 e. The molecule has 13 heteroatoms. The number of unbranched alkanes of at least 4 members (excludes halogenated alkanes) is 4. The van der Waals surface area contributed by atoms with Gasteiger partial charge in [-0.2, -0.15) is 0 Å². The molecule has 0 aromatic heterocycles. The number of hydrogen-bond acceptors (Lipinski definition) is 9. The number of ether oxygens (including phenoxy) is 4. The molecule has 0 saturated heterocycles. The summed E-state index contributed by atoms with van der Waals surface area (Å²) in [4.78, 5) is 0. The molecule has 0 aliphatic heterocycles. The van der Waals surface area contributed by atoms with Crippen molar-refractivity contribution >= 4 is 34.2 Å². The van der Waals surface area contributed by atoms with E-state index in [9.17, 15) is 0 Å². The van der Waals surface area contributed by atoms with Gasteiger partial charge in [-0.3, -0.25) is 0 Å². The lowest BCUT2D eigenvalue weighted by Gasteiger charge is -2.46. The summed E-state index contributed by atoms with van der Waals surface area (Å²) in [5.74, 6) is 0. The molecule has 0 radical (unpaired) electrons. The SMILES string of the molecule is CCCCOC[Si](CC)(OCC)O[Si](CC)(COCCCC)O[Si](CC)(COCCCC)O[Si](CC)(COCCCC)OCC. The van der Waals surface area contributed by atoms with Gasteiger partial charge in [0.2, 0.25) is 0 Å². The maximum Gasteiger partial charge on any atom is 0.355 e. The largest absolute Gasteiger partial charge is 0.413 e. The van der Waals surface area contributed by atoms with Crippen molar-refractivity contribution in [1.29, 1.82) is 0 Å². The van der Waals surface area contributed by atoms with Gasteiger partial charge in [-0.15, -0.1) is 0 Å². The summed E-state index contributed by atoms with van der Waals surface area (Å²) in [5, 5.41) is 0. The molecular formula is C32H74O9Si4. The van der Waals surface area contributed by atoms with Crippen molar-refractivity contribution < 1.29 is 40.1 Å². The zero-order valence-electron chi connectivity index (χ0n) is 31.2. The van der Waals surface area contributed by atoms with Crippen LogP contribution in [-0.4, -0.2) is 98.8 Å². The van der Waals surface area contributed by atoms with Crippen molar-refractivity contribution in [1.82, 2.24) is 0 Å². The van der Waals surface area contributed by atoms with Crippen LogP contribution in [0.5, 0.6) is 0 Å². The molecule has 9 nitrogen and oxygen atoms in total. The summed E-state index contributed by atoms with van der Waals surface area (Å²) in [6, 6.07) is 2.97. The monoisotopic (exact) mass is 714 g/mol. The van der Waals surface area contributed by atoms with Crippen LogP contribution < -0.4 is 0 Å². The number of hydrogen-bond donors (Lipinski definition) is 0. The molecule has 0 fully saturated rings. The van der Waals surface area contributed by atoms with E-state index < -0.39 is 34.2 Å². The van der Waals surface area contributed by atoms with Crippen LogP contribution in [-0.2, 0) is 40.1 Å². The van der Waals surface area contributed by atoms with Crippen molar-refractivity contribution in [3.63, 3.8) is 0 Å². The van der Waals surface area contributed by atoms with Gasteiger partial charge in [0.15, 0.2) is 0 Å². The highest BCUT2D eigenvalue weighted by Gasteiger charge is 2.56. The Bertz CT molecular complexity index is 633. The Labute approximate surface area is 283 Å². The van der Waals surface area contributed by atoms with Crippen LogP contribution in [0.3, 0.4) is 0 Å². The van der Waals surface area contributed by atoms with Crippen LogP contribution in [0.25, 0.3) is 0 Å². The second kappa shape index (κ2) is 27.3. The van der Waals surface area contributed by atoms with Crippen molar-refractivity contribution in [3.05, 3.63) is 0 Å². The highest BCUT2D eigenvalue weighted by atomic mass is 28.5. The average Bonchev–Trinajstić information content (AvgIpc) is 3.05. The van der Waals surface area contributed by atoms with Gasteiger partial charge < -0.3 is 40.1 Å². The summed E-state index contributed by atoms with van der Waals surface area (Å²) in [6.07, 6.45) is 10.2. The molecular weight excluding hydrogens is 641 g/mol. The molecule has 4 unspecified atom stereocenters. The summed E-state index contributed by atoms with van der Waals surface area (Å²) >= 11 is 0. The molecule has 0 N–H and O–H groups in total. The topological polar surface area (TPSA) is 83.1 Å². The van der Waals surface area contributed by atoms with Crippen LogP contribution in [0.15, 0.2) is 0 Å². The highest BCUT2D eigenvalue weighted by Crippen LogP contribution is 2.33. The zero-order chi connectivity index (χ0) is 33.9. The molecule has 0 spiro atoms. The fraction of sp³-hybridized carbons (Fsp3) is 1.00. The fourth-order valence-electron chi connectivity index (χ4n) is 4.85. The van der Waals surface area contributed by atoms with Gasteiger partial charge in [-0.05, 0) is 63.7 Å². The van der Waals surface area contributed by atoms with Gasteiger partial charge in [0, 0.05) is 39.6 Å². The van der Waals surface area contributed by atoms with E-state index in [2.05, 4.69) is 55.4 Å². The van der Waals surface area contributed by atoms with Crippen LogP contribution in [0, 0.1) is 0 Å². The summed E-state index contributed by atoms with van der Waals surface area (Å²) in [7, 11) is -11.7. The molecule has 272 valence electrons. The van der Waals surface area contributed by atoms with Gasteiger partial charge in [-0.1, -0.05) is 81.1 Å². The first-order valence-corrected chi connectivity index (χ1v) is 27.3. The van der Waals surface area contributed by atoms with Crippen LogP contribution in [0.4, 0.5) is 0 Å². The van der Waals surface area contributed by atoms with Crippen molar-refractivity contribution in [3.8, 4) is 0 Å². The lowest BCUT2D eigenvalue weighted by Crippen LogP contribution is -2.68. The molecule has 0 aliphatic carbocycles.